The first-order valence-electron chi connectivity index (χ1n) is 7.51. The number of hydrogen-bond donors (Lipinski definition) is 2. The first-order valence-corrected chi connectivity index (χ1v) is 7.51. The van der Waals surface area contributed by atoms with Gasteiger partial charge >= 0.3 is 0 Å². The molecule has 0 saturated heterocycles. The topological polar surface area (TPSA) is 72.2 Å². The zero-order valence-electron chi connectivity index (χ0n) is 12.9. The molecule has 3 N–H and O–H groups in total. The van der Waals surface area contributed by atoms with E-state index in [0.29, 0.717) is 11.1 Å². The van der Waals surface area contributed by atoms with Crippen molar-refractivity contribution in [1.29, 1.82) is 0 Å². The van der Waals surface area contributed by atoms with Gasteiger partial charge in [0.2, 0.25) is 5.91 Å². The minimum absolute atomic E-state index is 0.241. The first-order chi connectivity index (χ1) is 11.6. The van der Waals surface area contributed by atoms with Crippen molar-refractivity contribution in [2.24, 2.45) is 5.73 Å². The first kappa shape index (κ1) is 15.5. The van der Waals surface area contributed by atoms with Gasteiger partial charge in [-0.2, -0.15) is 0 Å². The number of benzene rings is 3. The quantitative estimate of drug-likeness (QED) is 0.770. The third-order valence-corrected chi connectivity index (χ3v) is 3.69. The van der Waals surface area contributed by atoms with Crippen molar-refractivity contribution in [3.05, 3.63) is 90.0 Å². The Kier molecular flexibility index (Phi) is 4.38. The monoisotopic (exact) mass is 316 g/mol. The van der Waals surface area contributed by atoms with Crippen LogP contribution in [0.4, 0.5) is 5.69 Å². The average Bonchev–Trinajstić information content (AvgIpc) is 2.63. The van der Waals surface area contributed by atoms with Gasteiger partial charge in [0.05, 0.1) is 0 Å². The summed E-state index contributed by atoms with van der Waals surface area (Å²) in [5.74, 6) is -0.759. The molecule has 4 nitrogen and oxygen atoms in total. The molecule has 3 rings (SSSR count). The highest BCUT2D eigenvalue weighted by Gasteiger charge is 2.10. The van der Waals surface area contributed by atoms with Crippen LogP contribution < -0.4 is 11.1 Å². The molecule has 0 radical (unpaired) electrons. The number of primary amides is 1. The lowest BCUT2D eigenvalue weighted by Gasteiger charge is -2.11. The van der Waals surface area contributed by atoms with Crippen LogP contribution in [0.5, 0.6) is 0 Å². The SMILES string of the molecule is NC(=O)c1ccc(C(=O)Nc2ccccc2-c2ccccc2)cc1. The van der Waals surface area contributed by atoms with Crippen LogP contribution >= 0.6 is 0 Å². The van der Waals surface area contributed by atoms with Crippen LogP contribution in [-0.4, -0.2) is 11.8 Å². The average molecular weight is 316 g/mol. The lowest BCUT2D eigenvalue weighted by Crippen LogP contribution is -2.14. The molecule has 0 saturated carbocycles. The third kappa shape index (κ3) is 3.33. The number of para-hydroxylation sites is 1. The van der Waals surface area contributed by atoms with E-state index in [4.69, 9.17) is 5.73 Å². The van der Waals surface area contributed by atoms with Gasteiger partial charge in [-0.3, -0.25) is 9.59 Å². The summed E-state index contributed by atoms with van der Waals surface area (Å²) in [5.41, 5.74) is 8.74. The fraction of sp³-hybridized carbons (Fsp3) is 0. The van der Waals surface area contributed by atoms with Gasteiger partial charge in [0.15, 0.2) is 0 Å². The fourth-order valence-electron chi connectivity index (χ4n) is 2.44. The summed E-state index contributed by atoms with van der Waals surface area (Å²) in [6.45, 7) is 0. The normalized spacial score (nSPS) is 10.2. The molecule has 118 valence electrons. The van der Waals surface area contributed by atoms with E-state index in [1.807, 2.05) is 54.6 Å². The molecule has 0 aromatic heterocycles. The summed E-state index contributed by atoms with van der Waals surface area (Å²) < 4.78 is 0. The Hall–Kier alpha value is -3.40. The molecule has 4 heteroatoms. The lowest BCUT2D eigenvalue weighted by molar-refractivity contribution is 0.0995. The number of nitrogens with two attached hydrogens (primary N) is 1. The Balaban J connectivity index is 1.86. The van der Waals surface area contributed by atoms with E-state index in [2.05, 4.69) is 5.32 Å². The second kappa shape index (κ2) is 6.79. The zero-order valence-corrected chi connectivity index (χ0v) is 12.9. The van der Waals surface area contributed by atoms with Gasteiger partial charge < -0.3 is 11.1 Å². The zero-order chi connectivity index (χ0) is 16.9. The maximum atomic E-state index is 12.5. The third-order valence-electron chi connectivity index (χ3n) is 3.69. The van der Waals surface area contributed by atoms with Gasteiger partial charge in [0, 0.05) is 22.4 Å². The second-order valence-electron chi connectivity index (χ2n) is 5.31. The maximum Gasteiger partial charge on any atom is 0.255 e. The van der Waals surface area contributed by atoms with Crippen molar-refractivity contribution < 1.29 is 9.59 Å². The van der Waals surface area contributed by atoms with Crippen LogP contribution in [0, 0.1) is 0 Å². The molecule has 0 aliphatic heterocycles. The number of anilines is 1. The van der Waals surface area contributed by atoms with E-state index in [-0.39, 0.29) is 5.91 Å². The molecule has 0 bridgehead atoms. The van der Waals surface area contributed by atoms with Gasteiger partial charge in [-0.1, -0.05) is 48.5 Å². The van der Waals surface area contributed by atoms with Gasteiger partial charge in [0.25, 0.3) is 5.91 Å². The number of amides is 2. The summed E-state index contributed by atoms with van der Waals surface area (Å²) in [5, 5.41) is 2.92. The van der Waals surface area contributed by atoms with Gasteiger partial charge in [-0.25, -0.2) is 0 Å². The minimum Gasteiger partial charge on any atom is -0.366 e. The van der Waals surface area contributed by atoms with Gasteiger partial charge in [-0.15, -0.1) is 0 Å². The summed E-state index contributed by atoms with van der Waals surface area (Å²) >= 11 is 0. The Morgan fingerprint density at radius 3 is 1.96 bits per heavy atom. The molecule has 0 aliphatic carbocycles. The second-order valence-corrected chi connectivity index (χ2v) is 5.31. The van der Waals surface area contributed by atoms with Crippen molar-refractivity contribution in [3.8, 4) is 11.1 Å². The highest BCUT2D eigenvalue weighted by atomic mass is 16.2. The molecule has 24 heavy (non-hydrogen) atoms. The number of hydrogen-bond acceptors (Lipinski definition) is 2. The number of rotatable bonds is 4. The van der Waals surface area contributed by atoms with Crippen molar-refractivity contribution in [3.63, 3.8) is 0 Å². The van der Waals surface area contributed by atoms with E-state index < -0.39 is 5.91 Å². The standard InChI is InChI=1S/C20H16N2O2/c21-19(23)15-10-12-16(13-11-15)20(24)22-18-9-5-4-8-17(18)14-6-2-1-3-7-14/h1-13H,(H2,21,23)(H,22,24). The molecule has 0 atom stereocenters. The molecule has 2 amide bonds. The van der Waals surface area contributed by atoms with E-state index >= 15 is 0 Å². The molecular formula is C20H16N2O2. The van der Waals surface area contributed by atoms with E-state index in [0.717, 1.165) is 16.8 Å². The fourth-order valence-corrected chi connectivity index (χ4v) is 2.44. The van der Waals surface area contributed by atoms with Crippen molar-refractivity contribution in [1.82, 2.24) is 0 Å². The number of carbonyl (C=O) groups excluding carboxylic acids is 2. The van der Waals surface area contributed by atoms with Gasteiger partial charge in [0.1, 0.15) is 0 Å². The Bertz CT molecular complexity index is 872. The Labute approximate surface area is 139 Å². The minimum atomic E-state index is -0.517. The van der Waals surface area contributed by atoms with Crippen molar-refractivity contribution in [2.45, 2.75) is 0 Å². The van der Waals surface area contributed by atoms with Crippen LogP contribution in [-0.2, 0) is 0 Å². The summed E-state index contributed by atoms with van der Waals surface area (Å²) in [6.07, 6.45) is 0. The Morgan fingerprint density at radius 2 is 1.29 bits per heavy atom. The largest absolute Gasteiger partial charge is 0.366 e. The highest BCUT2D eigenvalue weighted by molar-refractivity contribution is 6.06. The van der Waals surface area contributed by atoms with E-state index in [9.17, 15) is 9.59 Å². The lowest BCUT2D eigenvalue weighted by atomic mass is 10.0. The van der Waals surface area contributed by atoms with E-state index in [1.54, 1.807) is 24.3 Å². The highest BCUT2D eigenvalue weighted by Crippen LogP contribution is 2.27. The summed E-state index contributed by atoms with van der Waals surface area (Å²) in [7, 11) is 0. The molecule has 0 fully saturated rings. The molecule has 0 heterocycles. The van der Waals surface area contributed by atoms with Crippen molar-refractivity contribution in [2.75, 3.05) is 5.32 Å². The van der Waals surface area contributed by atoms with Crippen LogP contribution in [0.25, 0.3) is 11.1 Å². The van der Waals surface area contributed by atoms with Crippen molar-refractivity contribution >= 4 is 17.5 Å². The smallest absolute Gasteiger partial charge is 0.255 e. The van der Waals surface area contributed by atoms with E-state index in [1.165, 1.54) is 0 Å². The van der Waals surface area contributed by atoms with Crippen LogP contribution in [0.1, 0.15) is 20.7 Å². The van der Waals surface area contributed by atoms with Crippen LogP contribution in [0.2, 0.25) is 0 Å². The summed E-state index contributed by atoms with van der Waals surface area (Å²) in [6, 6.07) is 23.7. The predicted octanol–water partition coefficient (Wildman–Crippen LogP) is 3.70. The predicted molar refractivity (Wildman–Crippen MR) is 94.8 cm³/mol. The Morgan fingerprint density at radius 1 is 0.708 bits per heavy atom. The number of nitrogens with one attached hydrogen (secondary N) is 1. The van der Waals surface area contributed by atoms with Crippen LogP contribution in [0.3, 0.4) is 0 Å². The molecule has 3 aromatic rings. The molecule has 0 aliphatic rings. The molecular weight excluding hydrogens is 300 g/mol. The molecule has 0 unspecified atom stereocenters. The van der Waals surface area contributed by atoms with Gasteiger partial charge in [-0.05, 0) is 35.9 Å². The summed E-state index contributed by atoms with van der Waals surface area (Å²) in [4.78, 5) is 23.5. The molecule has 0 spiro atoms. The number of carbonyl (C=O) groups is 2. The molecule has 3 aromatic carbocycles. The van der Waals surface area contributed by atoms with Crippen LogP contribution in [0.15, 0.2) is 78.9 Å². The maximum absolute atomic E-state index is 12.5.